The number of nitrogens with zero attached hydrogens (tertiary/aromatic N) is 1. The maximum Gasteiger partial charge on any atom is 0.125 e. The predicted octanol–water partition coefficient (Wildman–Crippen LogP) is 3.95. The van der Waals surface area contributed by atoms with E-state index in [1.54, 1.807) is 0 Å². The molecule has 2 heteroatoms. The molecule has 0 fully saturated rings. The summed E-state index contributed by atoms with van der Waals surface area (Å²) in [4.78, 5) is 0. The van der Waals surface area contributed by atoms with E-state index >= 15 is 0 Å². The number of hydrogen-bond acceptors (Lipinski definition) is 2. The van der Waals surface area contributed by atoms with Crippen LogP contribution in [-0.2, 0) is 13.0 Å². The van der Waals surface area contributed by atoms with Crippen LogP contribution in [0.4, 0.5) is 0 Å². The van der Waals surface area contributed by atoms with Gasteiger partial charge >= 0.3 is 0 Å². The van der Waals surface area contributed by atoms with Crippen LogP contribution in [0.3, 0.4) is 0 Å². The van der Waals surface area contributed by atoms with Crippen LogP contribution in [-0.4, -0.2) is 0 Å². The molecule has 0 atom stereocenters. The highest BCUT2D eigenvalue weighted by molar-refractivity contribution is 5.40. The highest BCUT2D eigenvalue weighted by Gasteiger charge is 2.06. The van der Waals surface area contributed by atoms with E-state index in [0.29, 0.717) is 13.0 Å². The van der Waals surface area contributed by atoms with Gasteiger partial charge < -0.3 is 4.74 Å². The first kappa shape index (κ1) is 13.2. The van der Waals surface area contributed by atoms with Gasteiger partial charge in [0.1, 0.15) is 12.4 Å². The lowest BCUT2D eigenvalue weighted by Crippen LogP contribution is -2.02. The molecule has 2 rings (SSSR count). The van der Waals surface area contributed by atoms with Gasteiger partial charge in [-0.1, -0.05) is 42.5 Å². The van der Waals surface area contributed by atoms with Gasteiger partial charge in [-0.3, -0.25) is 0 Å². The zero-order chi connectivity index (χ0) is 13.7. The van der Waals surface area contributed by atoms with Crippen LogP contribution in [0.25, 0.3) is 0 Å². The third kappa shape index (κ3) is 3.14. The fourth-order valence-electron chi connectivity index (χ4n) is 2.13. The largest absolute Gasteiger partial charge is 0.488 e. The molecule has 96 valence electrons. The van der Waals surface area contributed by atoms with Crippen LogP contribution in [0, 0.1) is 25.2 Å². The fraction of sp³-hybridized carbons (Fsp3) is 0.235. The molecule has 0 aliphatic carbocycles. The first-order chi connectivity index (χ1) is 9.22. The van der Waals surface area contributed by atoms with E-state index in [-0.39, 0.29) is 0 Å². The van der Waals surface area contributed by atoms with Crippen LogP contribution >= 0.6 is 0 Å². The molecule has 0 saturated carbocycles. The van der Waals surface area contributed by atoms with Gasteiger partial charge in [0.25, 0.3) is 0 Å². The molecule has 2 aromatic rings. The molecule has 0 aliphatic rings. The Balaban J connectivity index is 2.17. The molecule has 19 heavy (non-hydrogen) atoms. The Hall–Kier alpha value is -2.27. The third-order valence-electron chi connectivity index (χ3n) is 3.17. The van der Waals surface area contributed by atoms with Crippen molar-refractivity contribution < 1.29 is 4.74 Å². The zero-order valence-electron chi connectivity index (χ0n) is 11.3. The number of hydrogen-bond donors (Lipinski definition) is 0. The van der Waals surface area contributed by atoms with Gasteiger partial charge in [0, 0.05) is 0 Å². The van der Waals surface area contributed by atoms with E-state index < -0.39 is 0 Å². The molecule has 2 aromatic carbocycles. The van der Waals surface area contributed by atoms with Crippen LogP contribution in [0.5, 0.6) is 5.75 Å². The van der Waals surface area contributed by atoms with Crippen LogP contribution in [0.1, 0.15) is 22.3 Å². The molecule has 0 bridgehead atoms. The molecule has 2 nitrogen and oxygen atoms in total. The van der Waals surface area contributed by atoms with Crippen molar-refractivity contribution in [2.45, 2.75) is 26.9 Å². The number of benzene rings is 2. The Morgan fingerprint density at radius 2 is 1.58 bits per heavy atom. The smallest absolute Gasteiger partial charge is 0.125 e. The molecule has 0 saturated heterocycles. The number of nitriles is 1. The van der Waals surface area contributed by atoms with E-state index in [4.69, 9.17) is 10.00 Å². The number of para-hydroxylation sites is 1. The summed E-state index contributed by atoms with van der Waals surface area (Å²) in [5.74, 6) is 0.939. The average molecular weight is 251 g/mol. The summed E-state index contributed by atoms with van der Waals surface area (Å²) in [6.07, 6.45) is 0.423. The summed E-state index contributed by atoms with van der Waals surface area (Å²) in [5, 5.41) is 8.83. The second-order valence-electron chi connectivity index (χ2n) is 4.61. The van der Waals surface area contributed by atoms with Crippen molar-refractivity contribution in [3.8, 4) is 11.8 Å². The van der Waals surface area contributed by atoms with E-state index in [1.807, 2.05) is 56.3 Å². The zero-order valence-corrected chi connectivity index (χ0v) is 11.3. The summed E-state index contributed by atoms with van der Waals surface area (Å²) in [5.41, 5.74) is 4.39. The van der Waals surface area contributed by atoms with Crippen LogP contribution in [0.2, 0.25) is 0 Å². The van der Waals surface area contributed by atoms with Gasteiger partial charge in [-0.05, 0) is 36.1 Å². The molecule has 0 N–H and O–H groups in total. The van der Waals surface area contributed by atoms with Gasteiger partial charge in [-0.25, -0.2) is 0 Å². The van der Waals surface area contributed by atoms with Crippen molar-refractivity contribution in [3.63, 3.8) is 0 Å². The molecular formula is C17H17NO. The van der Waals surface area contributed by atoms with E-state index in [1.165, 1.54) is 0 Å². The van der Waals surface area contributed by atoms with Gasteiger partial charge in [0.2, 0.25) is 0 Å². The summed E-state index contributed by atoms with van der Waals surface area (Å²) >= 11 is 0. The molecule has 0 spiro atoms. The molecule has 0 aliphatic heterocycles. The van der Waals surface area contributed by atoms with Gasteiger partial charge in [0.15, 0.2) is 0 Å². The SMILES string of the molecule is Cc1cccc(C)c1OCc1ccccc1CC#N. The summed E-state index contributed by atoms with van der Waals surface area (Å²) in [6, 6.07) is 16.2. The van der Waals surface area contributed by atoms with E-state index in [9.17, 15) is 0 Å². The standard InChI is InChI=1S/C17H17NO/c1-13-6-5-7-14(2)17(13)19-12-16-9-4-3-8-15(16)10-11-18/h3-9H,10,12H2,1-2H3. The predicted molar refractivity (Wildman–Crippen MR) is 76.0 cm³/mol. The normalized spacial score (nSPS) is 9.95. The highest BCUT2D eigenvalue weighted by atomic mass is 16.5. The van der Waals surface area contributed by atoms with Crippen molar-refractivity contribution >= 4 is 0 Å². The van der Waals surface area contributed by atoms with E-state index in [2.05, 4.69) is 6.07 Å². The van der Waals surface area contributed by atoms with Gasteiger partial charge in [-0.2, -0.15) is 5.26 Å². The lowest BCUT2D eigenvalue weighted by atomic mass is 10.1. The van der Waals surface area contributed by atoms with Gasteiger partial charge in [-0.15, -0.1) is 0 Å². The Morgan fingerprint density at radius 1 is 0.947 bits per heavy atom. The Kier molecular flexibility index (Phi) is 4.20. The summed E-state index contributed by atoms with van der Waals surface area (Å²) in [6.45, 7) is 4.59. The topological polar surface area (TPSA) is 33.0 Å². The maximum absolute atomic E-state index is 8.83. The number of rotatable bonds is 4. The minimum Gasteiger partial charge on any atom is -0.488 e. The summed E-state index contributed by atoms with van der Waals surface area (Å²) in [7, 11) is 0. The molecule has 0 heterocycles. The fourth-order valence-corrected chi connectivity index (χ4v) is 2.13. The Bertz CT molecular complexity index is 591. The van der Waals surface area contributed by atoms with Crippen molar-refractivity contribution in [3.05, 3.63) is 64.7 Å². The van der Waals surface area contributed by atoms with Crippen molar-refractivity contribution in [1.82, 2.24) is 0 Å². The lowest BCUT2D eigenvalue weighted by Gasteiger charge is -2.13. The highest BCUT2D eigenvalue weighted by Crippen LogP contribution is 2.24. The van der Waals surface area contributed by atoms with E-state index in [0.717, 1.165) is 28.0 Å². The number of ether oxygens (including phenoxy) is 1. The summed E-state index contributed by atoms with van der Waals surface area (Å²) < 4.78 is 5.93. The van der Waals surface area contributed by atoms with Crippen LogP contribution in [0.15, 0.2) is 42.5 Å². The molecule has 0 unspecified atom stereocenters. The minimum atomic E-state index is 0.423. The van der Waals surface area contributed by atoms with Crippen molar-refractivity contribution in [2.75, 3.05) is 0 Å². The van der Waals surface area contributed by atoms with Gasteiger partial charge in [0.05, 0.1) is 12.5 Å². The monoisotopic (exact) mass is 251 g/mol. The Morgan fingerprint density at radius 3 is 2.21 bits per heavy atom. The quantitative estimate of drug-likeness (QED) is 0.824. The van der Waals surface area contributed by atoms with Crippen molar-refractivity contribution in [2.24, 2.45) is 0 Å². The van der Waals surface area contributed by atoms with Crippen molar-refractivity contribution in [1.29, 1.82) is 5.26 Å². The third-order valence-corrected chi connectivity index (χ3v) is 3.17. The van der Waals surface area contributed by atoms with Crippen LogP contribution < -0.4 is 4.74 Å². The lowest BCUT2D eigenvalue weighted by molar-refractivity contribution is 0.301. The number of aryl methyl sites for hydroxylation is 2. The Labute approximate surface area is 114 Å². The first-order valence-electron chi connectivity index (χ1n) is 6.35. The average Bonchev–Trinajstić information content (AvgIpc) is 2.40. The molecule has 0 amide bonds. The second-order valence-corrected chi connectivity index (χ2v) is 4.61. The maximum atomic E-state index is 8.83. The molecule has 0 aromatic heterocycles. The first-order valence-corrected chi connectivity index (χ1v) is 6.35. The molecular weight excluding hydrogens is 234 g/mol. The minimum absolute atomic E-state index is 0.423. The molecule has 0 radical (unpaired) electrons. The second kappa shape index (κ2) is 6.06.